The Kier molecular flexibility index (Phi) is 17.5. The Bertz CT molecular complexity index is 372. The molecule has 0 nitrogen and oxygen atoms in total. The molecular formula is C30H62. The molecular weight excluding hydrogens is 360 g/mol. The summed E-state index contributed by atoms with van der Waals surface area (Å²) in [6.07, 6.45) is 17.0. The predicted molar refractivity (Wildman–Crippen MR) is 140 cm³/mol. The second-order valence-corrected chi connectivity index (χ2v) is 11.9. The van der Waals surface area contributed by atoms with Crippen LogP contribution in [0.25, 0.3) is 0 Å². The van der Waals surface area contributed by atoms with Crippen molar-refractivity contribution in [3.8, 4) is 0 Å². The van der Waals surface area contributed by atoms with Crippen molar-refractivity contribution in [1.29, 1.82) is 0 Å². The van der Waals surface area contributed by atoms with Crippen LogP contribution in [0.1, 0.15) is 146 Å². The molecule has 0 aliphatic heterocycles. The molecule has 0 radical (unpaired) electrons. The Morgan fingerprint density at radius 3 is 1.40 bits per heavy atom. The monoisotopic (exact) mass is 422 g/mol. The SMILES string of the molecule is CCCC(C)C(C)CC(C)CCCCC(C)CC(CC)CC(C)CC(C)C(C)CC. The molecule has 0 heteroatoms. The van der Waals surface area contributed by atoms with E-state index in [1.807, 2.05) is 0 Å². The van der Waals surface area contributed by atoms with Crippen molar-refractivity contribution in [3.63, 3.8) is 0 Å². The van der Waals surface area contributed by atoms with E-state index in [1.54, 1.807) is 0 Å². The standard InChI is InChI=1S/C30H62/c1-11-16-27(8)29(10)19-23(4)17-14-15-18-24(5)21-30(13-3)22-25(6)20-28(9)26(7)12-2/h23-30H,11-22H2,1-10H3. The Balaban J connectivity index is 4.08. The average molecular weight is 423 g/mol. The van der Waals surface area contributed by atoms with Gasteiger partial charge in [-0.25, -0.2) is 0 Å². The van der Waals surface area contributed by atoms with Gasteiger partial charge in [0.05, 0.1) is 0 Å². The third-order valence-electron chi connectivity index (χ3n) is 8.57. The zero-order valence-electron chi connectivity index (χ0n) is 23.1. The highest BCUT2D eigenvalue weighted by Gasteiger charge is 2.19. The van der Waals surface area contributed by atoms with Crippen LogP contribution < -0.4 is 0 Å². The Labute approximate surface area is 193 Å². The van der Waals surface area contributed by atoms with E-state index in [2.05, 4.69) is 69.2 Å². The molecule has 0 saturated carbocycles. The van der Waals surface area contributed by atoms with Gasteiger partial charge in [-0.1, -0.05) is 121 Å². The van der Waals surface area contributed by atoms with E-state index >= 15 is 0 Å². The predicted octanol–water partition coefficient (Wildman–Crippen LogP) is 10.8. The molecule has 0 rings (SSSR count). The van der Waals surface area contributed by atoms with Gasteiger partial charge in [0.25, 0.3) is 0 Å². The molecule has 30 heavy (non-hydrogen) atoms. The molecule has 182 valence electrons. The van der Waals surface area contributed by atoms with Crippen LogP contribution in [-0.2, 0) is 0 Å². The molecule has 0 aliphatic carbocycles. The average Bonchev–Trinajstić information content (AvgIpc) is 2.69. The minimum absolute atomic E-state index is 0.881. The summed E-state index contributed by atoms with van der Waals surface area (Å²) in [5, 5.41) is 0. The molecule has 0 heterocycles. The van der Waals surface area contributed by atoms with Crippen LogP contribution in [-0.4, -0.2) is 0 Å². The second kappa shape index (κ2) is 17.5. The van der Waals surface area contributed by atoms with Gasteiger partial charge in [-0.2, -0.15) is 0 Å². The highest BCUT2D eigenvalue weighted by molar-refractivity contribution is 4.71. The zero-order chi connectivity index (χ0) is 23.1. The van der Waals surface area contributed by atoms with Gasteiger partial charge >= 0.3 is 0 Å². The van der Waals surface area contributed by atoms with Crippen molar-refractivity contribution in [3.05, 3.63) is 0 Å². The maximum Gasteiger partial charge on any atom is -0.0412 e. The van der Waals surface area contributed by atoms with Gasteiger partial charge in [0.2, 0.25) is 0 Å². The van der Waals surface area contributed by atoms with Crippen molar-refractivity contribution in [2.24, 2.45) is 47.3 Å². The summed E-state index contributed by atoms with van der Waals surface area (Å²) in [6.45, 7) is 24.5. The van der Waals surface area contributed by atoms with Crippen molar-refractivity contribution in [2.75, 3.05) is 0 Å². The summed E-state index contributed by atoms with van der Waals surface area (Å²) in [5.74, 6) is 7.22. The van der Waals surface area contributed by atoms with Crippen LogP contribution in [0.5, 0.6) is 0 Å². The summed E-state index contributed by atoms with van der Waals surface area (Å²) in [6, 6.07) is 0. The molecule has 0 amide bonds. The van der Waals surface area contributed by atoms with Gasteiger partial charge < -0.3 is 0 Å². The van der Waals surface area contributed by atoms with Crippen LogP contribution in [0.2, 0.25) is 0 Å². The van der Waals surface area contributed by atoms with E-state index in [0.717, 1.165) is 47.3 Å². The summed E-state index contributed by atoms with van der Waals surface area (Å²) < 4.78 is 0. The molecule has 0 N–H and O–H groups in total. The van der Waals surface area contributed by atoms with Crippen molar-refractivity contribution >= 4 is 0 Å². The molecule has 0 bridgehead atoms. The molecule has 8 unspecified atom stereocenters. The quantitative estimate of drug-likeness (QED) is 0.181. The van der Waals surface area contributed by atoms with Gasteiger partial charge in [0.1, 0.15) is 0 Å². The first-order chi connectivity index (χ1) is 14.1. The summed E-state index contributed by atoms with van der Waals surface area (Å²) in [7, 11) is 0. The van der Waals surface area contributed by atoms with Gasteiger partial charge in [-0.15, -0.1) is 0 Å². The fourth-order valence-electron chi connectivity index (χ4n) is 5.76. The Hall–Kier alpha value is 0. The van der Waals surface area contributed by atoms with Crippen molar-refractivity contribution in [2.45, 2.75) is 146 Å². The molecule has 0 saturated heterocycles. The van der Waals surface area contributed by atoms with Gasteiger partial charge in [0, 0.05) is 0 Å². The number of rotatable bonds is 19. The van der Waals surface area contributed by atoms with Gasteiger partial charge in [0.15, 0.2) is 0 Å². The first kappa shape index (κ1) is 30.0. The number of hydrogen-bond acceptors (Lipinski definition) is 0. The first-order valence-corrected chi connectivity index (χ1v) is 14.1. The maximum atomic E-state index is 2.52. The number of unbranched alkanes of at least 4 members (excludes halogenated alkanes) is 1. The smallest absolute Gasteiger partial charge is 0.0412 e. The van der Waals surface area contributed by atoms with Gasteiger partial charge in [-0.3, -0.25) is 0 Å². The lowest BCUT2D eigenvalue weighted by Gasteiger charge is -2.27. The molecule has 0 spiro atoms. The largest absolute Gasteiger partial charge is 0.0654 e. The zero-order valence-corrected chi connectivity index (χ0v) is 23.1. The first-order valence-electron chi connectivity index (χ1n) is 14.1. The van der Waals surface area contributed by atoms with Gasteiger partial charge in [-0.05, 0) is 73.0 Å². The lowest BCUT2D eigenvalue weighted by Crippen LogP contribution is -2.15. The number of hydrogen-bond donors (Lipinski definition) is 0. The minimum Gasteiger partial charge on any atom is -0.0654 e. The third-order valence-corrected chi connectivity index (χ3v) is 8.57. The van der Waals surface area contributed by atoms with E-state index in [-0.39, 0.29) is 0 Å². The van der Waals surface area contributed by atoms with E-state index in [4.69, 9.17) is 0 Å². The molecule has 0 aromatic carbocycles. The normalized spacial score (nSPS) is 20.2. The maximum absolute atomic E-state index is 2.52. The topological polar surface area (TPSA) is 0 Å². The van der Waals surface area contributed by atoms with Crippen LogP contribution in [0.4, 0.5) is 0 Å². The summed E-state index contributed by atoms with van der Waals surface area (Å²) in [4.78, 5) is 0. The fourth-order valence-corrected chi connectivity index (χ4v) is 5.76. The lowest BCUT2D eigenvalue weighted by molar-refractivity contribution is 0.248. The fraction of sp³-hybridized carbons (Fsp3) is 1.00. The van der Waals surface area contributed by atoms with Crippen molar-refractivity contribution < 1.29 is 0 Å². The summed E-state index contributed by atoms with van der Waals surface area (Å²) in [5.41, 5.74) is 0. The highest BCUT2D eigenvalue weighted by Crippen LogP contribution is 2.31. The Morgan fingerprint density at radius 2 is 0.900 bits per heavy atom. The van der Waals surface area contributed by atoms with Crippen LogP contribution in [0.15, 0.2) is 0 Å². The lowest BCUT2D eigenvalue weighted by atomic mass is 9.79. The molecule has 0 fully saturated rings. The van der Waals surface area contributed by atoms with Crippen LogP contribution >= 0.6 is 0 Å². The molecule has 0 aliphatic rings. The molecule has 8 atom stereocenters. The highest BCUT2D eigenvalue weighted by atomic mass is 14.2. The summed E-state index contributed by atoms with van der Waals surface area (Å²) >= 11 is 0. The molecule has 0 aromatic rings. The van der Waals surface area contributed by atoms with Crippen LogP contribution in [0.3, 0.4) is 0 Å². The van der Waals surface area contributed by atoms with E-state index < -0.39 is 0 Å². The van der Waals surface area contributed by atoms with Crippen LogP contribution in [0, 0.1) is 47.3 Å². The second-order valence-electron chi connectivity index (χ2n) is 11.9. The Morgan fingerprint density at radius 1 is 0.433 bits per heavy atom. The molecule has 0 aromatic heterocycles. The third kappa shape index (κ3) is 14.1. The minimum atomic E-state index is 0.881. The van der Waals surface area contributed by atoms with E-state index in [1.165, 1.54) is 77.0 Å². The van der Waals surface area contributed by atoms with E-state index in [9.17, 15) is 0 Å². The van der Waals surface area contributed by atoms with Crippen molar-refractivity contribution in [1.82, 2.24) is 0 Å². The van der Waals surface area contributed by atoms with E-state index in [0.29, 0.717) is 0 Å².